The van der Waals surface area contributed by atoms with E-state index in [2.05, 4.69) is 33.9 Å². The Morgan fingerprint density at radius 3 is 2.19 bits per heavy atom. The van der Waals surface area contributed by atoms with Crippen LogP contribution < -0.4 is 4.74 Å². The fraction of sp³-hybridized carbons (Fsp3) is 0.727. The second-order valence-corrected chi connectivity index (χ2v) is 19.1. The van der Waals surface area contributed by atoms with Crippen LogP contribution in [0, 0.1) is 11.3 Å². The zero-order chi connectivity index (χ0) is 32.1. The van der Waals surface area contributed by atoms with Gasteiger partial charge in [-0.15, -0.1) is 0 Å². The van der Waals surface area contributed by atoms with Crippen molar-refractivity contribution in [2.24, 2.45) is 11.3 Å². The van der Waals surface area contributed by atoms with Gasteiger partial charge in [-0.1, -0.05) is 39.8 Å². The number of esters is 1. The van der Waals surface area contributed by atoms with E-state index >= 15 is 4.39 Å². The zero-order valence-corrected chi connectivity index (χ0v) is 29.1. The van der Waals surface area contributed by atoms with Crippen molar-refractivity contribution in [3.05, 3.63) is 41.7 Å². The van der Waals surface area contributed by atoms with Crippen molar-refractivity contribution in [3.63, 3.8) is 0 Å². The second kappa shape index (κ2) is 14.3. The Morgan fingerprint density at radius 2 is 1.67 bits per heavy atom. The summed E-state index contributed by atoms with van der Waals surface area (Å²) in [4.78, 5) is 12.3. The van der Waals surface area contributed by atoms with Crippen molar-refractivity contribution in [3.8, 4) is 5.75 Å². The molecule has 2 rings (SSSR count). The molecule has 0 unspecified atom stereocenters. The summed E-state index contributed by atoms with van der Waals surface area (Å²) in [5, 5.41) is 0.0392. The van der Waals surface area contributed by atoms with Gasteiger partial charge in [0.1, 0.15) is 23.8 Å². The molecule has 1 aliphatic heterocycles. The van der Waals surface area contributed by atoms with Gasteiger partial charge in [-0.2, -0.15) is 0 Å². The number of benzene rings is 1. The van der Waals surface area contributed by atoms with E-state index in [1.807, 2.05) is 38.1 Å². The molecule has 240 valence electrons. The maximum Gasteiger partial charge on any atom is 0.311 e. The van der Waals surface area contributed by atoms with E-state index in [0.717, 1.165) is 11.3 Å². The van der Waals surface area contributed by atoms with E-state index in [-0.39, 0.29) is 36.2 Å². The lowest BCUT2D eigenvalue weighted by Crippen LogP contribution is -2.44. The van der Waals surface area contributed by atoms with Crippen molar-refractivity contribution in [1.29, 1.82) is 0 Å². The van der Waals surface area contributed by atoms with E-state index in [9.17, 15) is 4.79 Å². The maximum absolute atomic E-state index is 16.3. The van der Waals surface area contributed by atoms with Gasteiger partial charge in [-0.25, -0.2) is 4.39 Å². The Hall–Kier alpha value is -1.78. The molecule has 0 aliphatic carbocycles. The van der Waals surface area contributed by atoms with Gasteiger partial charge in [0.05, 0.1) is 31.8 Å². The summed E-state index contributed by atoms with van der Waals surface area (Å²) >= 11 is 0. The minimum Gasteiger partial charge on any atom is -0.497 e. The standard InChI is InChI=1S/C33H55FO7Si/c1-22(23(2)41-42(12,13)32(6,7)8)20-26(34)28(38-21-24-14-16-25(36-11)17-15-24)29-27(39-33(9,10)40-29)18-19-37-30(35)31(3,4)5/h14-17,20,22-23,27-29H,18-19,21H2,1-13H3/b26-20+/t22-,23+,27+,28-,29+/m1/s1. The summed E-state index contributed by atoms with van der Waals surface area (Å²) < 4.78 is 52.3. The summed E-state index contributed by atoms with van der Waals surface area (Å²) in [5.74, 6) is -1.20. The van der Waals surface area contributed by atoms with Crippen molar-refractivity contribution in [2.75, 3.05) is 13.7 Å². The Bertz CT molecular complexity index is 1040. The molecule has 0 aromatic heterocycles. The van der Waals surface area contributed by atoms with Crippen LogP contribution in [0.1, 0.15) is 81.2 Å². The predicted octanol–water partition coefficient (Wildman–Crippen LogP) is 7.98. The third-order valence-electron chi connectivity index (χ3n) is 8.08. The Balaban J connectivity index is 2.32. The monoisotopic (exact) mass is 610 g/mol. The summed E-state index contributed by atoms with van der Waals surface area (Å²) in [5.41, 5.74) is 0.245. The topological polar surface area (TPSA) is 72.5 Å². The lowest BCUT2D eigenvalue weighted by molar-refractivity contribution is -0.160. The molecule has 1 saturated heterocycles. The van der Waals surface area contributed by atoms with E-state index < -0.39 is 43.7 Å². The number of methoxy groups -OCH3 is 1. The van der Waals surface area contributed by atoms with Crippen LogP contribution in [0.5, 0.6) is 5.75 Å². The number of ether oxygens (including phenoxy) is 5. The van der Waals surface area contributed by atoms with E-state index in [1.54, 1.807) is 47.8 Å². The van der Waals surface area contributed by atoms with E-state index in [0.29, 0.717) is 6.42 Å². The molecule has 0 bridgehead atoms. The molecule has 42 heavy (non-hydrogen) atoms. The highest BCUT2D eigenvalue weighted by atomic mass is 28.4. The predicted molar refractivity (Wildman–Crippen MR) is 167 cm³/mol. The second-order valence-electron chi connectivity index (χ2n) is 14.4. The highest BCUT2D eigenvalue weighted by Crippen LogP contribution is 2.39. The molecule has 1 aliphatic rings. The molecule has 1 fully saturated rings. The third-order valence-corrected chi connectivity index (χ3v) is 12.7. The van der Waals surface area contributed by atoms with Crippen LogP contribution in [0.25, 0.3) is 0 Å². The number of carbonyl (C=O) groups is 1. The number of halogens is 1. The first-order chi connectivity index (χ1) is 19.2. The smallest absolute Gasteiger partial charge is 0.311 e. The van der Waals surface area contributed by atoms with Crippen molar-refractivity contribution in [1.82, 2.24) is 0 Å². The highest BCUT2D eigenvalue weighted by molar-refractivity contribution is 6.74. The lowest BCUT2D eigenvalue weighted by Gasteiger charge is -2.39. The molecule has 0 amide bonds. The van der Waals surface area contributed by atoms with Gasteiger partial charge in [0.15, 0.2) is 14.1 Å². The molecular formula is C33H55FO7Si. The van der Waals surface area contributed by atoms with Crippen molar-refractivity contribution in [2.45, 2.75) is 131 Å². The quantitative estimate of drug-likeness (QED) is 0.166. The van der Waals surface area contributed by atoms with Crippen LogP contribution in [0.4, 0.5) is 4.39 Å². The van der Waals surface area contributed by atoms with Crippen LogP contribution in [0.3, 0.4) is 0 Å². The normalized spacial score (nSPS) is 22.0. The van der Waals surface area contributed by atoms with Gasteiger partial charge in [-0.3, -0.25) is 4.79 Å². The first-order valence-electron chi connectivity index (χ1n) is 15.0. The molecule has 1 aromatic carbocycles. The minimum absolute atomic E-state index is 0.0392. The van der Waals surface area contributed by atoms with Crippen LogP contribution in [0.2, 0.25) is 18.1 Å². The van der Waals surface area contributed by atoms with E-state index in [4.69, 9.17) is 28.1 Å². The van der Waals surface area contributed by atoms with Crippen LogP contribution >= 0.6 is 0 Å². The van der Waals surface area contributed by atoms with Gasteiger partial charge >= 0.3 is 5.97 Å². The van der Waals surface area contributed by atoms with Crippen LogP contribution in [-0.2, 0) is 34.8 Å². The zero-order valence-electron chi connectivity index (χ0n) is 28.1. The van der Waals surface area contributed by atoms with Crippen LogP contribution in [0.15, 0.2) is 36.2 Å². The molecule has 0 spiro atoms. The molecule has 0 radical (unpaired) electrons. The lowest BCUT2D eigenvalue weighted by atomic mass is 9.97. The Morgan fingerprint density at radius 1 is 1.07 bits per heavy atom. The van der Waals surface area contributed by atoms with Gasteiger partial charge in [0.2, 0.25) is 0 Å². The third kappa shape index (κ3) is 10.4. The van der Waals surface area contributed by atoms with Gasteiger partial charge in [-0.05, 0) is 83.4 Å². The van der Waals surface area contributed by atoms with E-state index in [1.165, 1.54) is 0 Å². The number of carbonyl (C=O) groups excluding carboxylic acids is 1. The van der Waals surface area contributed by atoms with Crippen molar-refractivity contribution >= 4 is 14.3 Å². The summed E-state index contributed by atoms with van der Waals surface area (Å²) in [6.07, 6.45) is -0.618. The molecule has 7 nitrogen and oxygen atoms in total. The fourth-order valence-corrected chi connectivity index (χ4v) is 5.79. The molecule has 0 saturated carbocycles. The largest absolute Gasteiger partial charge is 0.497 e. The summed E-state index contributed by atoms with van der Waals surface area (Å²) in [6, 6.07) is 7.45. The number of hydrogen-bond acceptors (Lipinski definition) is 7. The van der Waals surface area contributed by atoms with Crippen LogP contribution in [-0.4, -0.2) is 58.2 Å². The highest BCUT2D eigenvalue weighted by Gasteiger charge is 2.47. The molecule has 1 heterocycles. The summed E-state index contributed by atoms with van der Waals surface area (Å²) in [6.45, 7) is 24.2. The summed E-state index contributed by atoms with van der Waals surface area (Å²) in [7, 11) is -0.441. The average molecular weight is 611 g/mol. The Labute approximate surface area is 254 Å². The first-order valence-corrected chi connectivity index (χ1v) is 17.9. The van der Waals surface area contributed by atoms with Gasteiger partial charge in [0, 0.05) is 18.4 Å². The molecule has 1 aromatic rings. The molecule has 5 atom stereocenters. The molecular weight excluding hydrogens is 555 g/mol. The molecule has 0 N–H and O–H groups in total. The number of hydrogen-bond donors (Lipinski definition) is 0. The van der Waals surface area contributed by atoms with Gasteiger partial charge < -0.3 is 28.1 Å². The number of rotatable bonds is 13. The van der Waals surface area contributed by atoms with Crippen molar-refractivity contribution < 1.29 is 37.3 Å². The van der Waals surface area contributed by atoms with Gasteiger partial charge in [0.25, 0.3) is 0 Å². The minimum atomic E-state index is -2.05. The average Bonchev–Trinajstić information content (AvgIpc) is 3.16. The first kappa shape index (κ1) is 36.4. The maximum atomic E-state index is 16.3. The SMILES string of the molecule is COc1ccc(CO[C@H](/C(F)=C\[C@@H](C)[C@H](C)O[Si](C)(C)C(C)(C)C)[C@H]2OC(C)(C)O[C@H]2CCOC(=O)C(C)(C)C)cc1. The Kier molecular flexibility index (Phi) is 12.4. The fourth-order valence-electron chi connectivity index (χ4n) is 4.30. The molecule has 9 heteroatoms.